The van der Waals surface area contributed by atoms with Gasteiger partial charge in [0.15, 0.2) is 6.04 Å². The third-order valence-electron chi connectivity index (χ3n) is 3.89. The van der Waals surface area contributed by atoms with Crippen LogP contribution in [0.4, 0.5) is 0 Å². The Morgan fingerprint density at radius 2 is 1.86 bits per heavy atom. The summed E-state index contributed by atoms with van der Waals surface area (Å²) in [5.74, 6) is -1.53. The van der Waals surface area contributed by atoms with Gasteiger partial charge in [-0.1, -0.05) is 29.8 Å². The van der Waals surface area contributed by atoms with Crippen LogP contribution in [0.25, 0.3) is 0 Å². The molecule has 0 saturated heterocycles. The lowest BCUT2D eigenvalue weighted by molar-refractivity contribution is -0.142. The molecule has 0 aliphatic heterocycles. The van der Waals surface area contributed by atoms with Crippen molar-refractivity contribution >= 4 is 23.5 Å². The molecule has 2 rings (SSSR count). The number of carbonyl (C=O) groups excluding carboxylic acids is 1. The monoisotopic (exact) mass is 310 g/mol. The second kappa shape index (κ2) is 6.91. The molecule has 4 N–H and O–H groups in total. The molecule has 1 fully saturated rings. The predicted octanol–water partition coefficient (Wildman–Crippen LogP) is 2.10. The Hall–Kier alpha value is -1.59. The van der Waals surface area contributed by atoms with Crippen LogP contribution in [0.5, 0.6) is 0 Å². The Morgan fingerprint density at radius 3 is 2.43 bits per heavy atom. The van der Waals surface area contributed by atoms with Crippen molar-refractivity contribution in [2.45, 2.75) is 37.8 Å². The van der Waals surface area contributed by atoms with Crippen LogP contribution >= 0.6 is 11.6 Å². The smallest absolute Gasteiger partial charge is 0.330 e. The van der Waals surface area contributed by atoms with Crippen LogP contribution in [0.3, 0.4) is 0 Å². The molecule has 5 nitrogen and oxygen atoms in total. The summed E-state index contributed by atoms with van der Waals surface area (Å²) in [6, 6.07) is 5.66. The van der Waals surface area contributed by atoms with E-state index in [1.807, 2.05) is 0 Å². The molecule has 1 aliphatic rings. The molecule has 6 heteroatoms. The first-order chi connectivity index (χ1) is 9.99. The van der Waals surface area contributed by atoms with Gasteiger partial charge in [0.1, 0.15) is 0 Å². The van der Waals surface area contributed by atoms with E-state index in [2.05, 4.69) is 5.32 Å². The summed E-state index contributed by atoms with van der Waals surface area (Å²) in [4.78, 5) is 23.7. The Kier molecular flexibility index (Phi) is 5.20. The highest BCUT2D eigenvalue weighted by atomic mass is 35.5. The maximum absolute atomic E-state index is 12.2. The minimum Gasteiger partial charge on any atom is -0.479 e. The van der Waals surface area contributed by atoms with Crippen molar-refractivity contribution in [1.82, 2.24) is 5.32 Å². The summed E-state index contributed by atoms with van der Waals surface area (Å²) in [6.45, 7) is 0. The molecule has 0 spiro atoms. The van der Waals surface area contributed by atoms with Crippen molar-refractivity contribution < 1.29 is 14.7 Å². The quantitative estimate of drug-likeness (QED) is 0.794. The number of rotatable bonds is 4. The first-order valence-corrected chi connectivity index (χ1v) is 7.40. The van der Waals surface area contributed by atoms with Crippen LogP contribution in [0.15, 0.2) is 24.3 Å². The number of hydrogen-bond donors (Lipinski definition) is 3. The lowest BCUT2D eigenvalue weighted by Gasteiger charge is -2.26. The summed E-state index contributed by atoms with van der Waals surface area (Å²) >= 11 is 6.02. The van der Waals surface area contributed by atoms with Gasteiger partial charge in [0.25, 0.3) is 0 Å². The summed E-state index contributed by atoms with van der Waals surface area (Å²) in [7, 11) is 0. The maximum Gasteiger partial charge on any atom is 0.330 e. The van der Waals surface area contributed by atoms with E-state index in [1.54, 1.807) is 24.3 Å². The van der Waals surface area contributed by atoms with Gasteiger partial charge in [0.2, 0.25) is 5.91 Å². The van der Waals surface area contributed by atoms with Crippen LogP contribution < -0.4 is 11.1 Å². The van der Waals surface area contributed by atoms with Crippen molar-refractivity contribution in [1.29, 1.82) is 0 Å². The molecule has 0 unspecified atom stereocenters. The number of hydrogen-bond acceptors (Lipinski definition) is 3. The molecule has 1 aliphatic carbocycles. The summed E-state index contributed by atoms with van der Waals surface area (Å²) < 4.78 is 0. The van der Waals surface area contributed by atoms with Crippen molar-refractivity contribution in [2.24, 2.45) is 11.7 Å². The Labute approximate surface area is 128 Å². The Balaban J connectivity index is 2.08. The van der Waals surface area contributed by atoms with E-state index in [1.165, 1.54) is 0 Å². The number of aliphatic carboxylic acids is 1. The third kappa shape index (κ3) is 3.95. The average Bonchev–Trinajstić information content (AvgIpc) is 2.46. The normalized spacial score (nSPS) is 23.3. The fourth-order valence-electron chi connectivity index (χ4n) is 2.62. The van der Waals surface area contributed by atoms with E-state index in [-0.39, 0.29) is 17.9 Å². The number of halogens is 1. The molecular weight excluding hydrogens is 292 g/mol. The highest BCUT2D eigenvalue weighted by Crippen LogP contribution is 2.26. The zero-order valence-electron chi connectivity index (χ0n) is 11.6. The van der Waals surface area contributed by atoms with Gasteiger partial charge < -0.3 is 16.2 Å². The lowest BCUT2D eigenvalue weighted by atomic mass is 9.85. The minimum atomic E-state index is -1.12. The zero-order chi connectivity index (χ0) is 15.4. The predicted molar refractivity (Wildman–Crippen MR) is 79.9 cm³/mol. The molecule has 114 valence electrons. The largest absolute Gasteiger partial charge is 0.479 e. The maximum atomic E-state index is 12.2. The molecule has 0 aromatic heterocycles. The minimum absolute atomic E-state index is 0.146. The van der Waals surface area contributed by atoms with Gasteiger partial charge >= 0.3 is 5.97 Å². The van der Waals surface area contributed by atoms with Gasteiger partial charge in [0.05, 0.1) is 0 Å². The van der Waals surface area contributed by atoms with Crippen molar-refractivity contribution in [3.05, 3.63) is 34.9 Å². The fourth-order valence-corrected chi connectivity index (χ4v) is 2.87. The van der Waals surface area contributed by atoms with Crippen LogP contribution in [-0.4, -0.2) is 23.0 Å². The molecule has 0 bridgehead atoms. The van der Waals surface area contributed by atoms with Gasteiger partial charge in [0, 0.05) is 22.5 Å². The van der Waals surface area contributed by atoms with Crippen LogP contribution in [0.1, 0.15) is 37.3 Å². The Bertz CT molecular complexity index is 527. The topological polar surface area (TPSA) is 92.4 Å². The van der Waals surface area contributed by atoms with Gasteiger partial charge in [-0.05, 0) is 31.7 Å². The number of carboxylic acids is 1. The standard InChI is InChI=1S/C15H19ClN2O3/c16-12-4-2-1-3-11(12)13(15(20)21)18-14(19)9-5-7-10(17)8-6-9/h1-4,9-10,13H,5-8,17H2,(H,18,19)(H,20,21)/t9?,10?,13-/m1/s1. The van der Waals surface area contributed by atoms with Gasteiger partial charge in [-0.25, -0.2) is 4.79 Å². The van der Waals surface area contributed by atoms with Crippen LogP contribution in [-0.2, 0) is 9.59 Å². The van der Waals surface area contributed by atoms with Crippen LogP contribution in [0, 0.1) is 5.92 Å². The highest BCUT2D eigenvalue weighted by Gasteiger charge is 2.29. The molecule has 21 heavy (non-hydrogen) atoms. The highest BCUT2D eigenvalue weighted by molar-refractivity contribution is 6.31. The summed E-state index contributed by atoms with van der Waals surface area (Å²) in [6.07, 6.45) is 2.98. The molecule has 1 amide bonds. The van der Waals surface area contributed by atoms with E-state index in [0.717, 1.165) is 12.8 Å². The first-order valence-electron chi connectivity index (χ1n) is 7.02. The lowest BCUT2D eigenvalue weighted by Crippen LogP contribution is -2.40. The van der Waals surface area contributed by atoms with Gasteiger partial charge in [-0.15, -0.1) is 0 Å². The molecule has 1 saturated carbocycles. The molecule has 1 aromatic rings. The van der Waals surface area contributed by atoms with Gasteiger partial charge in [-0.2, -0.15) is 0 Å². The summed E-state index contributed by atoms with van der Waals surface area (Å²) in [5, 5.41) is 12.3. The van der Waals surface area contributed by atoms with Gasteiger partial charge in [-0.3, -0.25) is 4.79 Å². The van der Waals surface area contributed by atoms with E-state index in [0.29, 0.717) is 23.4 Å². The Morgan fingerprint density at radius 1 is 1.24 bits per heavy atom. The molecule has 1 aromatic carbocycles. The molecular formula is C15H19ClN2O3. The SMILES string of the molecule is NC1CCC(C(=O)N[C@@H](C(=O)O)c2ccccc2Cl)CC1. The van der Waals surface area contributed by atoms with E-state index in [4.69, 9.17) is 17.3 Å². The fraction of sp³-hybridized carbons (Fsp3) is 0.467. The number of nitrogens with one attached hydrogen (secondary N) is 1. The van der Waals surface area contributed by atoms with E-state index < -0.39 is 12.0 Å². The number of amides is 1. The number of carboxylic acid groups (broad SMARTS) is 1. The molecule has 0 heterocycles. The van der Waals surface area contributed by atoms with E-state index in [9.17, 15) is 14.7 Å². The molecule has 0 radical (unpaired) electrons. The first kappa shape index (κ1) is 15.8. The van der Waals surface area contributed by atoms with Crippen molar-refractivity contribution in [3.63, 3.8) is 0 Å². The van der Waals surface area contributed by atoms with Crippen molar-refractivity contribution in [3.8, 4) is 0 Å². The number of benzene rings is 1. The number of nitrogens with two attached hydrogens (primary N) is 1. The number of carbonyl (C=O) groups is 2. The second-order valence-corrected chi connectivity index (χ2v) is 5.82. The third-order valence-corrected chi connectivity index (χ3v) is 4.24. The zero-order valence-corrected chi connectivity index (χ0v) is 12.3. The molecule has 1 atom stereocenters. The van der Waals surface area contributed by atoms with Crippen molar-refractivity contribution in [2.75, 3.05) is 0 Å². The van der Waals surface area contributed by atoms with Crippen LogP contribution in [0.2, 0.25) is 5.02 Å². The summed E-state index contributed by atoms with van der Waals surface area (Å²) in [5.41, 5.74) is 6.21. The second-order valence-electron chi connectivity index (χ2n) is 5.41. The average molecular weight is 311 g/mol. The van der Waals surface area contributed by atoms with E-state index >= 15 is 0 Å².